The molecule has 8 nitrogen and oxygen atoms in total. The Morgan fingerprint density at radius 1 is 1.12 bits per heavy atom. The number of hydrogen-bond acceptors (Lipinski definition) is 5. The monoisotopic (exact) mass is 581 g/mol. The Labute approximate surface area is 243 Å². The van der Waals surface area contributed by atoms with Crippen molar-refractivity contribution in [3.05, 3.63) is 41.7 Å². The number of hydrogen-bond donors (Lipinski definition) is 2. The van der Waals surface area contributed by atoms with E-state index in [1.807, 2.05) is 5.32 Å². The number of alkyl halides is 3. The number of nitrogens with zero attached hydrogens (tertiary/aromatic N) is 3. The second kappa shape index (κ2) is 11.6. The van der Waals surface area contributed by atoms with Gasteiger partial charge >= 0.3 is 12.1 Å². The maximum atomic E-state index is 13.9. The highest BCUT2D eigenvalue weighted by Gasteiger charge is 2.52. The van der Waals surface area contributed by atoms with Crippen LogP contribution in [0.25, 0.3) is 10.8 Å². The van der Waals surface area contributed by atoms with Gasteiger partial charge in [-0.15, -0.1) is 6.42 Å². The molecule has 222 valence electrons. The van der Waals surface area contributed by atoms with E-state index < -0.39 is 47.4 Å². The molecule has 0 radical (unpaired) electrons. The summed E-state index contributed by atoms with van der Waals surface area (Å²) in [5.41, 5.74) is -0.556. The number of pyridine rings is 1. The molecule has 1 unspecified atom stereocenters. The summed E-state index contributed by atoms with van der Waals surface area (Å²) in [6.07, 6.45) is 8.22. The summed E-state index contributed by atoms with van der Waals surface area (Å²) in [5.74, 6) is -1.00. The number of halogens is 3. The van der Waals surface area contributed by atoms with Crippen LogP contribution in [0.4, 0.5) is 13.2 Å². The summed E-state index contributed by atoms with van der Waals surface area (Å²) in [4.78, 5) is 45.2. The Bertz CT molecular complexity index is 1460. The third-order valence-electron chi connectivity index (χ3n) is 8.35. The van der Waals surface area contributed by atoms with E-state index in [2.05, 4.69) is 22.3 Å². The first-order valence-electron chi connectivity index (χ1n) is 13.9. The summed E-state index contributed by atoms with van der Waals surface area (Å²) in [7, 11) is 0. The molecule has 1 aliphatic heterocycles. The molecular weight excluding hydrogens is 547 g/mol. The molecule has 2 N–H and O–H groups in total. The zero-order valence-electron chi connectivity index (χ0n) is 23.8. The number of amides is 3. The van der Waals surface area contributed by atoms with Crippen LogP contribution in [0.2, 0.25) is 0 Å². The van der Waals surface area contributed by atoms with Gasteiger partial charge in [0.05, 0.1) is 6.07 Å². The van der Waals surface area contributed by atoms with E-state index in [1.165, 1.54) is 11.1 Å². The molecular formula is C31H34F3N5O3. The molecule has 0 bridgehead atoms. The van der Waals surface area contributed by atoms with E-state index in [-0.39, 0.29) is 12.0 Å². The second-order valence-electron chi connectivity index (χ2n) is 12.4. The zero-order valence-corrected chi connectivity index (χ0v) is 23.8. The average molecular weight is 582 g/mol. The lowest BCUT2D eigenvalue weighted by Crippen LogP contribution is -2.59. The van der Waals surface area contributed by atoms with Crippen molar-refractivity contribution in [2.24, 2.45) is 10.8 Å². The van der Waals surface area contributed by atoms with Crippen LogP contribution in [0.15, 0.2) is 30.6 Å². The minimum atomic E-state index is -5.18. The van der Waals surface area contributed by atoms with E-state index >= 15 is 0 Å². The quantitative estimate of drug-likeness (QED) is 0.503. The van der Waals surface area contributed by atoms with E-state index in [9.17, 15) is 32.8 Å². The number of nitrogens with one attached hydrogen (secondary N) is 2. The molecule has 1 aromatic heterocycles. The summed E-state index contributed by atoms with van der Waals surface area (Å²) in [5, 5.41) is 16.0. The number of aromatic nitrogens is 1. The average Bonchev–Trinajstić information content (AvgIpc) is 3.31. The Morgan fingerprint density at radius 2 is 1.81 bits per heavy atom. The van der Waals surface area contributed by atoms with Gasteiger partial charge in [-0.25, -0.2) is 0 Å². The number of likely N-dealkylation sites (tertiary alicyclic amines) is 1. The molecule has 11 heteroatoms. The zero-order chi connectivity index (χ0) is 30.9. The molecule has 2 aromatic rings. The summed E-state index contributed by atoms with van der Waals surface area (Å²) in [6, 6.07) is 3.62. The lowest BCUT2D eigenvalue weighted by molar-refractivity contribution is -0.176. The van der Waals surface area contributed by atoms with Crippen molar-refractivity contribution >= 4 is 28.5 Å². The van der Waals surface area contributed by atoms with Gasteiger partial charge in [-0.05, 0) is 36.2 Å². The number of fused-ring (bicyclic) bond motifs is 1. The molecule has 3 atom stereocenters. The van der Waals surface area contributed by atoms with E-state index in [1.54, 1.807) is 45.2 Å². The number of benzene rings is 1. The summed E-state index contributed by atoms with van der Waals surface area (Å²) >= 11 is 0. The van der Waals surface area contributed by atoms with Crippen LogP contribution in [-0.2, 0) is 14.4 Å². The molecule has 42 heavy (non-hydrogen) atoms. The molecule has 4 rings (SSSR count). The fourth-order valence-corrected chi connectivity index (χ4v) is 6.23. The Kier molecular flexibility index (Phi) is 8.54. The van der Waals surface area contributed by atoms with E-state index in [4.69, 9.17) is 6.42 Å². The van der Waals surface area contributed by atoms with E-state index in [0.29, 0.717) is 28.3 Å². The number of nitriles is 1. The first-order valence-corrected chi connectivity index (χ1v) is 13.9. The smallest absolute Gasteiger partial charge is 0.336 e. The third kappa shape index (κ3) is 6.20. The minimum absolute atomic E-state index is 0.173. The molecule has 2 aliphatic rings. The van der Waals surface area contributed by atoms with Crippen molar-refractivity contribution in [2.75, 3.05) is 6.54 Å². The van der Waals surface area contributed by atoms with Gasteiger partial charge in [0.15, 0.2) is 0 Å². The molecule has 2 heterocycles. The summed E-state index contributed by atoms with van der Waals surface area (Å²) in [6.45, 7) is 4.83. The molecule has 1 saturated carbocycles. The highest BCUT2D eigenvalue weighted by Crippen LogP contribution is 2.47. The molecule has 1 aromatic carbocycles. The van der Waals surface area contributed by atoms with Crippen LogP contribution in [0.5, 0.6) is 0 Å². The highest BCUT2D eigenvalue weighted by molar-refractivity contribution is 5.95. The predicted octanol–water partition coefficient (Wildman–Crippen LogP) is 4.54. The van der Waals surface area contributed by atoms with Crippen molar-refractivity contribution in [1.29, 1.82) is 5.26 Å². The van der Waals surface area contributed by atoms with Gasteiger partial charge in [-0.2, -0.15) is 18.4 Å². The maximum Gasteiger partial charge on any atom is 0.471 e. The third-order valence-corrected chi connectivity index (χ3v) is 8.35. The van der Waals surface area contributed by atoms with Crippen molar-refractivity contribution in [1.82, 2.24) is 20.5 Å². The number of terminal acetylenes is 1. The van der Waals surface area contributed by atoms with Crippen LogP contribution >= 0.6 is 0 Å². The van der Waals surface area contributed by atoms with Gasteiger partial charge in [-0.3, -0.25) is 19.4 Å². The van der Waals surface area contributed by atoms with Crippen molar-refractivity contribution in [3.8, 4) is 18.4 Å². The van der Waals surface area contributed by atoms with Crippen LogP contribution in [-0.4, -0.2) is 52.4 Å². The minimum Gasteiger partial charge on any atom is -0.336 e. The van der Waals surface area contributed by atoms with Gasteiger partial charge in [-0.1, -0.05) is 58.1 Å². The largest absolute Gasteiger partial charge is 0.471 e. The molecule has 2 fully saturated rings. The number of carbonyl (C=O) groups excluding carboxylic acids is 3. The van der Waals surface area contributed by atoms with Gasteiger partial charge in [0.25, 0.3) is 0 Å². The lowest BCUT2D eigenvalue weighted by Gasteiger charge is -2.37. The second-order valence-corrected chi connectivity index (χ2v) is 12.4. The lowest BCUT2D eigenvalue weighted by atomic mass is 9.72. The topological polar surface area (TPSA) is 115 Å². The van der Waals surface area contributed by atoms with Crippen LogP contribution < -0.4 is 10.6 Å². The molecule has 1 aliphatic carbocycles. The SMILES string of the molecule is C#Cc1cccc2cncc(C(C#N)NC(=O)[C@@H]3CC4(CCCCC4)CN3C(=O)[C@@H](NC(=O)C(F)(F)F)C(C)(C)C)c12. The van der Waals surface area contributed by atoms with Gasteiger partial charge < -0.3 is 15.5 Å². The van der Waals surface area contributed by atoms with Crippen molar-refractivity contribution in [3.63, 3.8) is 0 Å². The fraction of sp³-hybridized carbons (Fsp3) is 0.516. The number of carbonyl (C=O) groups is 3. The molecule has 1 spiro atoms. The first-order chi connectivity index (χ1) is 19.7. The van der Waals surface area contributed by atoms with Gasteiger partial charge in [0, 0.05) is 40.8 Å². The van der Waals surface area contributed by atoms with Crippen molar-refractivity contribution in [2.45, 2.75) is 83.6 Å². The maximum absolute atomic E-state index is 13.9. The Morgan fingerprint density at radius 3 is 2.40 bits per heavy atom. The van der Waals surface area contributed by atoms with E-state index in [0.717, 1.165) is 32.1 Å². The van der Waals surface area contributed by atoms with Crippen LogP contribution in [0, 0.1) is 34.5 Å². The van der Waals surface area contributed by atoms with Crippen LogP contribution in [0.3, 0.4) is 0 Å². The fourth-order valence-electron chi connectivity index (χ4n) is 6.23. The Hall–Kier alpha value is -4.12. The Balaban J connectivity index is 1.69. The standard InChI is InChI=1S/C31H34F3N5O3/c1-5-19-10-9-11-20-16-36-17-21(24(19)20)22(15-35)37-26(40)23-14-30(12-7-6-8-13-30)18-39(23)27(41)25(29(2,3)4)38-28(42)31(32,33)34/h1,9-11,16-17,22-23,25H,6-8,12-14,18H2,2-4H3,(H,37,40)(H,38,42)/t22?,23-,25+/m0/s1. The molecule has 3 amide bonds. The predicted molar refractivity (Wildman–Crippen MR) is 149 cm³/mol. The normalized spacial score (nSPS) is 19.9. The highest BCUT2D eigenvalue weighted by atomic mass is 19.4. The van der Waals surface area contributed by atoms with Gasteiger partial charge in [0.1, 0.15) is 18.1 Å². The summed E-state index contributed by atoms with van der Waals surface area (Å²) < 4.78 is 39.6. The van der Waals surface area contributed by atoms with Crippen molar-refractivity contribution < 1.29 is 27.6 Å². The molecule has 1 saturated heterocycles. The first kappa shape index (κ1) is 30.8. The van der Waals surface area contributed by atoms with Crippen LogP contribution in [0.1, 0.15) is 76.5 Å². The number of rotatable bonds is 5. The van der Waals surface area contributed by atoms with Gasteiger partial charge in [0.2, 0.25) is 11.8 Å².